The number of rotatable bonds is 2. The SMILES string of the molecule is O=C(Nc1ccc(C(F)(F)F)cc1)Nc1cc(Br)cc(C(F)(F)F)c1. The molecule has 0 unspecified atom stereocenters. The first kappa shape index (κ1) is 19.1. The zero-order valence-corrected chi connectivity index (χ0v) is 13.7. The summed E-state index contributed by atoms with van der Waals surface area (Å²) in [5.74, 6) is 0. The van der Waals surface area contributed by atoms with Crippen molar-refractivity contribution in [2.75, 3.05) is 10.6 Å². The van der Waals surface area contributed by atoms with Gasteiger partial charge in [0.2, 0.25) is 0 Å². The van der Waals surface area contributed by atoms with Crippen LogP contribution in [-0.4, -0.2) is 6.03 Å². The van der Waals surface area contributed by atoms with Crippen molar-refractivity contribution in [3.63, 3.8) is 0 Å². The lowest BCUT2D eigenvalue weighted by molar-refractivity contribution is -0.138. The Bertz CT molecular complexity index is 771. The molecule has 0 aliphatic rings. The topological polar surface area (TPSA) is 41.1 Å². The van der Waals surface area contributed by atoms with Gasteiger partial charge in [0.15, 0.2) is 0 Å². The van der Waals surface area contributed by atoms with Gasteiger partial charge in [-0.05, 0) is 42.5 Å². The number of anilines is 2. The molecule has 0 spiro atoms. The van der Waals surface area contributed by atoms with Crippen molar-refractivity contribution in [2.45, 2.75) is 12.4 Å². The lowest BCUT2D eigenvalue weighted by atomic mass is 10.2. The van der Waals surface area contributed by atoms with Gasteiger partial charge >= 0.3 is 18.4 Å². The van der Waals surface area contributed by atoms with E-state index in [0.29, 0.717) is 0 Å². The van der Waals surface area contributed by atoms with Crippen molar-refractivity contribution in [3.8, 4) is 0 Å². The predicted octanol–water partition coefficient (Wildman–Crippen LogP) is 6.13. The lowest BCUT2D eigenvalue weighted by Gasteiger charge is -2.12. The first-order valence-corrected chi connectivity index (χ1v) is 7.37. The van der Waals surface area contributed by atoms with E-state index in [4.69, 9.17) is 0 Å². The molecule has 0 radical (unpaired) electrons. The Morgan fingerprint density at radius 2 is 1.28 bits per heavy atom. The molecule has 0 bridgehead atoms. The number of nitrogens with one attached hydrogen (secondary N) is 2. The van der Waals surface area contributed by atoms with E-state index in [1.54, 1.807) is 0 Å². The maximum Gasteiger partial charge on any atom is 0.416 e. The van der Waals surface area contributed by atoms with E-state index < -0.39 is 29.5 Å². The fourth-order valence-electron chi connectivity index (χ4n) is 1.86. The molecule has 0 fully saturated rings. The molecule has 3 nitrogen and oxygen atoms in total. The Morgan fingerprint density at radius 1 is 0.760 bits per heavy atom. The number of carbonyl (C=O) groups excluding carboxylic acids is 1. The maximum absolute atomic E-state index is 12.7. The number of amides is 2. The van der Waals surface area contributed by atoms with Crippen LogP contribution in [0, 0.1) is 0 Å². The van der Waals surface area contributed by atoms with Crippen LogP contribution in [0.1, 0.15) is 11.1 Å². The van der Waals surface area contributed by atoms with Gasteiger partial charge in [0, 0.05) is 15.8 Å². The number of halogens is 7. The van der Waals surface area contributed by atoms with E-state index in [0.717, 1.165) is 36.4 Å². The molecule has 0 saturated carbocycles. The van der Waals surface area contributed by atoms with E-state index in [2.05, 4.69) is 26.6 Å². The molecule has 0 atom stereocenters. The van der Waals surface area contributed by atoms with Gasteiger partial charge < -0.3 is 10.6 Å². The summed E-state index contributed by atoms with van der Waals surface area (Å²) in [5, 5.41) is 4.42. The number of urea groups is 1. The minimum atomic E-state index is -4.59. The zero-order chi connectivity index (χ0) is 18.8. The lowest BCUT2D eigenvalue weighted by Crippen LogP contribution is -2.20. The summed E-state index contributed by atoms with van der Waals surface area (Å²) in [6.07, 6.45) is -9.10. The Kier molecular flexibility index (Phi) is 5.31. The molecule has 10 heteroatoms. The van der Waals surface area contributed by atoms with Crippen LogP contribution in [0.3, 0.4) is 0 Å². The van der Waals surface area contributed by atoms with Gasteiger partial charge in [-0.2, -0.15) is 26.3 Å². The molecule has 0 heterocycles. The molecule has 0 saturated heterocycles. The van der Waals surface area contributed by atoms with E-state index in [1.165, 1.54) is 6.07 Å². The zero-order valence-electron chi connectivity index (χ0n) is 12.1. The summed E-state index contributed by atoms with van der Waals surface area (Å²) in [6.45, 7) is 0. The Labute approximate surface area is 146 Å². The first-order valence-electron chi connectivity index (χ1n) is 6.58. The second-order valence-corrected chi connectivity index (χ2v) is 5.80. The van der Waals surface area contributed by atoms with Crippen LogP contribution in [-0.2, 0) is 12.4 Å². The van der Waals surface area contributed by atoms with Gasteiger partial charge in [0.05, 0.1) is 11.1 Å². The number of benzene rings is 2. The Hall–Kier alpha value is -2.23. The van der Waals surface area contributed by atoms with Crippen molar-refractivity contribution >= 4 is 33.3 Å². The van der Waals surface area contributed by atoms with Crippen molar-refractivity contribution in [1.82, 2.24) is 0 Å². The second-order valence-electron chi connectivity index (χ2n) is 4.88. The highest BCUT2D eigenvalue weighted by Crippen LogP contribution is 2.33. The largest absolute Gasteiger partial charge is 0.416 e. The minimum absolute atomic E-state index is 0.0524. The molecular formula is C15H9BrF6N2O. The summed E-state index contributed by atoms with van der Waals surface area (Å²) in [5.41, 5.74) is -1.94. The molecule has 2 aromatic rings. The van der Waals surface area contributed by atoms with Gasteiger partial charge in [-0.3, -0.25) is 0 Å². The molecule has 25 heavy (non-hydrogen) atoms. The Balaban J connectivity index is 2.09. The molecule has 0 aliphatic carbocycles. The second kappa shape index (κ2) is 6.95. The van der Waals surface area contributed by atoms with Gasteiger partial charge in [-0.1, -0.05) is 15.9 Å². The van der Waals surface area contributed by atoms with E-state index >= 15 is 0 Å². The van der Waals surface area contributed by atoms with Crippen LogP contribution in [0.5, 0.6) is 0 Å². The summed E-state index contributed by atoms with van der Waals surface area (Å²) in [7, 11) is 0. The minimum Gasteiger partial charge on any atom is -0.308 e. The molecule has 2 rings (SSSR count). The molecule has 0 aromatic heterocycles. The van der Waals surface area contributed by atoms with Crippen LogP contribution in [0.25, 0.3) is 0 Å². The standard InChI is InChI=1S/C15H9BrF6N2O/c16-10-5-9(15(20,21)22)6-12(7-10)24-13(25)23-11-3-1-8(2-4-11)14(17,18)19/h1-7H,(H2,23,24,25). The predicted molar refractivity (Wildman–Crippen MR) is 83.2 cm³/mol. The van der Waals surface area contributed by atoms with Crippen LogP contribution < -0.4 is 10.6 Å². The van der Waals surface area contributed by atoms with Crippen LogP contribution in [0.15, 0.2) is 46.9 Å². The summed E-state index contributed by atoms with van der Waals surface area (Å²) < 4.78 is 75.6. The molecule has 0 aliphatic heterocycles. The first-order chi connectivity index (χ1) is 11.4. The van der Waals surface area contributed by atoms with Gasteiger partial charge in [0.25, 0.3) is 0 Å². The number of carbonyl (C=O) groups is 1. The molecule has 2 aromatic carbocycles. The average Bonchev–Trinajstić information content (AvgIpc) is 2.45. The number of hydrogen-bond acceptors (Lipinski definition) is 1. The summed E-state index contributed by atoms with van der Waals surface area (Å²) in [6, 6.07) is 5.55. The summed E-state index contributed by atoms with van der Waals surface area (Å²) >= 11 is 2.91. The van der Waals surface area contributed by atoms with Crippen molar-refractivity contribution in [1.29, 1.82) is 0 Å². The Morgan fingerprint density at radius 3 is 1.80 bits per heavy atom. The van der Waals surface area contributed by atoms with E-state index in [9.17, 15) is 31.1 Å². The third kappa shape index (κ3) is 5.38. The van der Waals surface area contributed by atoms with Crippen LogP contribution in [0.2, 0.25) is 0 Å². The highest BCUT2D eigenvalue weighted by molar-refractivity contribution is 9.10. The average molecular weight is 427 g/mol. The van der Waals surface area contributed by atoms with Gasteiger partial charge in [-0.15, -0.1) is 0 Å². The molecular weight excluding hydrogens is 418 g/mol. The maximum atomic E-state index is 12.7. The fourth-order valence-corrected chi connectivity index (χ4v) is 2.35. The molecule has 2 amide bonds. The molecule has 134 valence electrons. The molecule has 2 N–H and O–H groups in total. The third-order valence-corrected chi connectivity index (χ3v) is 3.41. The van der Waals surface area contributed by atoms with Crippen LogP contribution >= 0.6 is 15.9 Å². The van der Waals surface area contributed by atoms with Crippen LogP contribution in [0.4, 0.5) is 42.5 Å². The van der Waals surface area contributed by atoms with E-state index in [1.807, 2.05) is 0 Å². The third-order valence-electron chi connectivity index (χ3n) is 2.95. The van der Waals surface area contributed by atoms with Crippen molar-refractivity contribution < 1.29 is 31.1 Å². The number of alkyl halides is 6. The highest BCUT2D eigenvalue weighted by atomic mass is 79.9. The van der Waals surface area contributed by atoms with Gasteiger partial charge in [0.1, 0.15) is 0 Å². The van der Waals surface area contributed by atoms with Gasteiger partial charge in [-0.25, -0.2) is 4.79 Å². The fraction of sp³-hybridized carbons (Fsp3) is 0.133. The highest BCUT2D eigenvalue weighted by Gasteiger charge is 2.31. The monoisotopic (exact) mass is 426 g/mol. The quantitative estimate of drug-likeness (QED) is 0.557. The normalized spacial score (nSPS) is 12.0. The van der Waals surface area contributed by atoms with Crippen molar-refractivity contribution in [2.24, 2.45) is 0 Å². The van der Waals surface area contributed by atoms with Crippen molar-refractivity contribution in [3.05, 3.63) is 58.1 Å². The smallest absolute Gasteiger partial charge is 0.308 e. The van der Waals surface area contributed by atoms with E-state index in [-0.39, 0.29) is 15.8 Å². The summed E-state index contributed by atoms with van der Waals surface area (Å²) in [4.78, 5) is 11.8. The number of hydrogen-bond donors (Lipinski definition) is 2.